The smallest absolute Gasteiger partial charge is 0.257 e. The molecule has 0 aliphatic heterocycles. The quantitative estimate of drug-likeness (QED) is 0.413. The van der Waals surface area contributed by atoms with Gasteiger partial charge in [-0.3, -0.25) is 14.9 Å². The van der Waals surface area contributed by atoms with Crippen LogP contribution < -0.4 is 21.1 Å². The van der Waals surface area contributed by atoms with Gasteiger partial charge < -0.3 is 20.5 Å². The van der Waals surface area contributed by atoms with Gasteiger partial charge >= 0.3 is 0 Å². The van der Waals surface area contributed by atoms with Gasteiger partial charge in [-0.25, -0.2) is 0 Å². The topological polar surface area (TPSA) is 103 Å². The van der Waals surface area contributed by atoms with Gasteiger partial charge in [0, 0.05) is 17.0 Å². The Labute approximate surface area is 179 Å². The molecule has 2 amide bonds. The number of nitrogens with two attached hydrogens (primary N) is 1. The third-order valence-electron chi connectivity index (χ3n) is 4.06. The Morgan fingerprint density at radius 2 is 2.00 bits per heavy atom. The minimum atomic E-state index is -0.528. The van der Waals surface area contributed by atoms with E-state index in [1.165, 1.54) is 11.3 Å². The summed E-state index contributed by atoms with van der Waals surface area (Å²) in [5.74, 6) is -0.351. The van der Waals surface area contributed by atoms with Crippen LogP contribution >= 0.6 is 23.6 Å². The first-order valence-corrected chi connectivity index (χ1v) is 10.4. The molecule has 1 heterocycles. The summed E-state index contributed by atoms with van der Waals surface area (Å²) in [4.78, 5) is 25.3. The molecule has 2 rings (SSSR count). The Kier molecular flexibility index (Phi) is 8.56. The van der Waals surface area contributed by atoms with E-state index in [9.17, 15) is 9.59 Å². The highest BCUT2D eigenvalue weighted by molar-refractivity contribution is 7.80. The van der Waals surface area contributed by atoms with Crippen LogP contribution in [-0.2, 0) is 11.2 Å². The van der Waals surface area contributed by atoms with Crippen molar-refractivity contribution in [1.82, 2.24) is 5.32 Å². The molecule has 156 valence electrons. The second-order valence-electron chi connectivity index (χ2n) is 6.04. The van der Waals surface area contributed by atoms with Crippen LogP contribution in [-0.4, -0.2) is 36.7 Å². The predicted molar refractivity (Wildman–Crippen MR) is 119 cm³/mol. The number of benzene rings is 1. The predicted octanol–water partition coefficient (Wildman–Crippen LogP) is 3.26. The van der Waals surface area contributed by atoms with Gasteiger partial charge in [0.25, 0.3) is 11.8 Å². The highest BCUT2D eigenvalue weighted by atomic mass is 32.1. The molecule has 0 saturated heterocycles. The van der Waals surface area contributed by atoms with Crippen molar-refractivity contribution in [3.05, 3.63) is 45.8 Å². The minimum absolute atomic E-state index is 0.0871. The maximum absolute atomic E-state index is 12.5. The molecule has 2 aromatic rings. The number of amides is 2. The van der Waals surface area contributed by atoms with Gasteiger partial charge in [0.15, 0.2) is 5.11 Å². The Morgan fingerprint density at radius 1 is 1.24 bits per heavy atom. The van der Waals surface area contributed by atoms with Crippen molar-refractivity contribution < 1.29 is 19.1 Å². The molecule has 9 heteroatoms. The molecule has 4 N–H and O–H groups in total. The summed E-state index contributed by atoms with van der Waals surface area (Å²) >= 11 is 6.62. The second-order valence-corrected chi connectivity index (χ2v) is 7.67. The molecule has 0 unspecified atom stereocenters. The molecule has 0 atom stereocenters. The van der Waals surface area contributed by atoms with E-state index in [1.807, 2.05) is 20.8 Å². The molecule has 1 aromatic carbocycles. The first kappa shape index (κ1) is 22.8. The van der Waals surface area contributed by atoms with E-state index in [0.717, 1.165) is 10.4 Å². The van der Waals surface area contributed by atoms with E-state index >= 15 is 0 Å². The molecule has 0 fully saturated rings. The molecule has 0 bridgehead atoms. The van der Waals surface area contributed by atoms with Crippen LogP contribution in [0.3, 0.4) is 0 Å². The lowest BCUT2D eigenvalue weighted by Gasteiger charge is -2.11. The molecule has 0 radical (unpaired) electrons. The average molecular weight is 436 g/mol. The maximum Gasteiger partial charge on any atom is 0.257 e. The number of carbonyl (C=O) groups excluding carboxylic acids is 2. The highest BCUT2D eigenvalue weighted by Crippen LogP contribution is 2.33. The number of nitrogens with one attached hydrogen (secondary N) is 2. The van der Waals surface area contributed by atoms with Gasteiger partial charge in [-0.1, -0.05) is 13.0 Å². The van der Waals surface area contributed by atoms with Crippen molar-refractivity contribution in [1.29, 1.82) is 0 Å². The lowest BCUT2D eigenvalue weighted by atomic mass is 10.1. The zero-order valence-corrected chi connectivity index (χ0v) is 18.3. The van der Waals surface area contributed by atoms with Crippen LogP contribution in [0.2, 0.25) is 0 Å². The Bertz CT molecular complexity index is 896. The van der Waals surface area contributed by atoms with Gasteiger partial charge in [-0.2, -0.15) is 0 Å². The summed E-state index contributed by atoms with van der Waals surface area (Å²) in [5.41, 5.74) is 7.22. The fourth-order valence-electron chi connectivity index (χ4n) is 2.75. The summed E-state index contributed by atoms with van der Waals surface area (Å²) in [6.07, 6.45) is 0.678. The molecular formula is C20H25N3O4S2. The molecule has 1 aromatic heterocycles. The molecule has 7 nitrogen and oxygen atoms in total. The number of thiocarbonyl (C=S) groups is 1. The number of carbonyl (C=O) groups is 2. The van der Waals surface area contributed by atoms with Crippen molar-refractivity contribution in [2.45, 2.75) is 27.2 Å². The summed E-state index contributed by atoms with van der Waals surface area (Å²) in [7, 11) is 0. The van der Waals surface area contributed by atoms with E-state index in [1.54, 1.807) is 24.3 Å². The van der Waals surface area contributed by atoms with Gasteiger partial charge in [0.05, 0.1) is 12.2 Å². The first-order valence-electron chi connectivity index (χ1n) is 9.22. The van der Waals surface area contributed by atoms with Crippen molar-refractivity contribution >= 4 is 45.5 Å². The molecule has 0 saturated carbocycles. The standard InChI is InChI=1S/C20H25N3O4S2/c1-4-15-12(3)29-19(16(15)17(21)24)23-20(28)22-18(25)13-7-6-8-14(11-13)27-10-9-26-5-2/h6-8,11H,4-5,9-10H2,1-3H3,(H2,21,24)(H2,22,23,25,28). The van der Waals surface area contributed by atoms with Gasteiger partial charge in [-0.15, -0.1) is 11.3 Å². The van der Waals surface area contributed by atoms with Gasteiger partial charge in [0.2, 0.25) is 0 Å². The molecule has 0 aliphatic rings. The summed E-state index contributed by atoms with van der Waals surface area (Å²) in [5, 5.41) is 6.16. The number of primary amides is 1. The van der Waals surface area contributed by atoms with Gasteiger partial charge in [-0.05, 0) is 56.2 Å². The Hall–Kier alpha value is -2.49. The van der Waals surface area contributed by atoms with Gasteiger partial charge in [0.1, 0.15) is 17.4 Å². The number of hydrogen-bond donors (Lipinski definition) is 3. The van der Waals surface area contributed by atoms with E-state index in [2.05, 4.69) is 10.6 Å². The number of rotatable bonds is 9. The summed E-state index contributed by atoms with van der Waals surface area (Å²) < 4.78 is 10.8. The number of hydrogen-bond acceptors (Lipinski definition) is 6. The summed E-state index contributed by atoms with van der Waals surface area (Å²) in [6, 6.07) is 6.78. The van der Waals surface area contributed by atoms with Crippen molar-refractivity contribution in [3.8, 4) is 5.75 Å². The maximum atomic E-state index is 12.5. The first-order chi connectivity index (χ1) is 13.9. The molecular weight excluding hydrogens is 410 g/mol. The summed E-state index contributed by atoms with van der Waals surface area (Å²) in [6.45, 7) is 7.27. The Morgan fingerprint density at radius 3 is 2.66 bits per heavy atom. The number of aryl methyl sites for hydroxylation is 1. The Balaban J connectivity index is 2.03. The monoisotopic (exact) mass is 435 g/mol. The number of thiophene rings is 1. The minimum Gasteiger partial charge on any atom is -0.491 e. The van der Waals surface area contributed by atoms with Crippen molar-refractivity contribution in [3.63, 3.8) is 0 Å². The van der Waals surface area contributed by atoms with Crippen LogP contribution in [0.15, 0.2) is 24.3 Å². The van der Waals surface area contributed by atoms with Crippen LogP contribution in [0.1, 0.15) is 45.0 Å². The van der Waals surface area contributed by atoms with Crippen LogP contribution in [0.5, 0.6) is 5.75 Å². The van der Waals surface area contributed by atoms with E-state index < -0.39 is 5.91 Å². The van der Waals surface area contributed by atoms with E-state index in [0.29, 0.717) is 48.1 Å². The fourth-order valence-corrected chi connectivity index (χ4v) is 4.17. The zero-order chi connectivity index (χ0) is 21.4. The van der Waals surface area contributed by atoms with Crippen molar-refractivity contribution in [2.24, 2.45) is 5.73 Å². The SMILES string of the molecule is CCOCCOc1cccc(C(=O)NC(=S)Nc2sc(C)c(CC)c2C(N)=O)c1. The second kappa shape index (κ2) is 10.9. The van der Waals surface area contributed by atoms with E-state index in [4.69, 9.17) is 27.4 Å². The largest absolute Gasteiger partial charge is 0.491 e. The third kappa shape index (κ3) is 6.25. The molecule has 0 spiro atoms. The fraction of sp³-hybridized carbons (Fsp3) is 0.350. The lowest BCUT2D eigenvalue weighted by Crippen LogP contribution is -2.34. The van der Waals surface area contributed by atoms with Crippen LogP contribution in [0.25, 0.3) is 0 Å². The highest BCUT2D eigenvalue weighted by Gasteiger charge is 2.20. The third-order valence-corrected chi connectivity index (χ3v) is 5.33. The lowest BCUT2D eigenvalue weighted by molar-refractivity contribution is 0.0974. The molecule has 29 heavy (non-hydrogen) atoms. The molecule has 0 aliphatic carbocycles. The van der Waals surface area contributed by atoms with Crippen LogP contribution in [0, 0.1) is 6.92 Å². The normalized spacial score (nSPS) is 10.4. The van der Waals surface area contributed by atoms with Crippen molar-refractivity contribution in [2.75, 3.05) is 25.1 Å². The average Bonchev–Trinajstić information content (AvgIpc) is 3.00. The number of anilines is 1. The zero-order valence-electron chi connectivity index (χ0n) is 16.7. The number of ether oxygens (including phenoxy) is 2. The van der Waals surface area contributed by atoms with Crippen LogP contribution in [0.4, 0.5) is 5.00 Å². The van der Waals surface area contributed by atoms with E-state index in [-0.39, 0.29) is 11.0 Å².